The second-order valence-corrected chi connectivity index (χ2v) is 8.67. The molecular formula is C21H25N3O2S. The lowest BCUT2D eigenvalue weighted by Gasteiger charge is -2.24. The smallest absolute Gasteiger partial charge is 0.257 e. The number of hydrogen-bond acceptors (Lipinski definition) is 4. The minimum absolute atomic E-state index is 0.0994. The first kappa shape index (κ1) is 18.2. The number of hydrogen-bond donors (Lipinski definition) is 2. The van der Waals surface area contributed by atoms with E-state index < -0.39 is 0 Å². The van der Waals surface area contributed by atoms with Gasteiger partial charge in [0.25, 0.3) is 5.91 Å². The number of nitrogens with zero attached hydrogens (tertiary/aromatic N) is 1. The van der Waals surface area contributed by atoms with Crippen LogP contribution in [-0.2, 0) is 11.2 Å². The Kier molecular flexibility index (Phi) is 5.25. The fraction of sp³-hybridized carbons (Fsp3) is 0.476. The third-order valence-electron chi connectivity index (χ3n) is 5.52. The predicted molar refractivity (Wildman–Crippen MR) is 107 cm³/mol. The van der Waals surface area contributed by atoms with E-state index in [0.717, 1.165) is 41.8 Å². The third kappa shape index (κ3) is 4.05. The molecule has 2 aliphatic carbocycles. The Morgan fingerprint density at radius 1 is 1.07 bits per heavy atom. The van der Waals surface area contributed by atoms with E-state index in [1.807, 2.05) is 31.2 Å². The normalized spacial score (nSPS) is 19.5. The van der Waals surface area contributed by atoms with E-state index in [1.54, 1.807) is 0 Å². The molecule has 2 amide bonds. The highest BCUT2D eigenvalue weighted by atomic mass is 32.1. The van der Waals surface area contributed by atoms with Crippen LogP contribution in [-0.4, -0.2) is 22.8 Å². The van der Waals surface area contributed by atoms with Crippen LogP contribution in [0.1, 0.15) is 70.9 Å². The molecule has 4 rings (SSSR count). The molecule has 0 saturated heterocycles. The van der Waals surface area contributed by atoms with Gasteiger partial charge in [0, 0.05) is 16.5 Å². The Balaban J connectivity index is 1.42. The molecule has 1 fully saturated rings. The summed E-state index contributed by atoms with van der Waals surface area (Å²) < 4.78 is 0. The van der Waals surface area contributed by atoms with Crippen molar-refractivity contribution in [2.24, 2.45) is 0 Å². The first-order valence-corrected chi connectivity index (χ1v) is 10.6. The summed E-state index contributed by atoms with van der Waals surface area (Å²) in [4.78, 5) is 30.9. The zero-order chi connectivity index (χ0) is 18.8. The fourth-order valence-electron chi connectivity index (χ4n) is 3.96. The molecule has 2 N–H and O–H groups in total. The van der Waals surface area contributed by atoms with Gasteiger partial charge in [0.15, 0.2) is 5.13 Å². The van der Waals surface area contributed by atoms with Crippen LogP contribution in [0.5, 0.6) is 0 Å². The molecule has 142 valence electrons. The van der Waals surface area contributed by atoms with Gasteiger partial charge >= 0.3 is 0 Å². The molecule has 0 spiro atoms. The maximum Gasteiger partial charge on any atom is 0.257 e. The van der Waals surface area contributed by atoms with Crippen molar-refractivity contribution in [1.29, 1.82) is 0 Å². The van der Waals surface area contributed by atoms with E-state index in [2.05, 4.69) is 15.6 Å². The summed E-state index contributed by atoms with van der Waals surface area (Å²) >= 11 is 1.49. The molecular weight excluding hydrogens is 358 g/mol. The van der Waals surface area contributed by atoms with Gasteiger partial charge in [-0.25, -0.2) is 4.98 Å². The maximum atomic E-state index is 12.7. The Morgan fingerprint density at radius 2 is 1.81 bits per heavy atom. The lowest BCUT2D eigenvalue weighted by molar-refractivity contribution is -0.123. The van der Waals surface area contributed by atoms with Gasteiger partial charge in [0.1, 0.15) is 0 Å². The second kappa shape index (κ2) is 7.80. The topological polar surface area (TPSA) is 71.1 Å². The number of aromatic nitrogens is 1. The molecule has 1 atom stereocenters. The number of rotatable bonds is 4. The lowest BCUT2D eigenvalue weighted by atomic mass is 9.94. The van der Waals surface area contributed by atoms with Gasteiger partial charge in [-0.1, -0.05) is 37.0 Å². The number of carbonyl (C=O) groups is 2. The molecule has 2 aromatic rings. The Bertz CT molecular complexity index is 838. The van der Waals surface area contributed by atoms with Gasteiger partial charge in [-0.05, 0) is 44.7 Å². The average Bonchev–Trinajstić information content (AvgIpc) is 3.23. The largest absolute Gasteiger partial charge is 0.353 e. The summed E-state index contributed by atoms with van der Waals surface area (Å²) in [7, 11) is 0. The maximum absolute atomic E-state index is 12.7. The number of anilines is 1. The minimum atomic E-state index is -0.178. The van der Waals surface area contributed by atoms with Gasteiger partial charge in [0.2, 0.25) is 5.91 Å². The molecule has 1 aromatic heterocycles. The highest BCUT2D eigenvalue weighted by Gasteiger charge is 2.33. The zero-order valence-corrected chi connectivity index (χ0v) is 16.4. The van der Waals surface area contributed by atoms with Crippen LogP contribution in [0.15, 0.2) is 24.3 Å². The summed E-state index contributed by atoms with van der Waals surface area (Å²) in [6, 6.07) is 7.78. The highest BCUT2D eigenvalue weighted by Crippen LogP contribution is 2.38. The summed E-state index contributed by atoms with van der Waals surface area (Å²) in [5.41, 5.74) is 2.58. The third-order valence-corrected chi connectivity index (χ3v) is 6.57. The van der Waals surface area contributed by atoms with Crippen LogP contribution in [0.4, 0.5) is 5.13 Å². The van der Waals surface area contributed by atoms with Crippen LogP contribution < -0.4 is 10.6 Å². The molecule has 0 bridgehead atoms. The molecule has 6 heteroatoms. The number of amides is 2. The Hall–Kier alpha value is -2.21. The van der Waals surface area contributed by atoms with Crippen molar-refractivity contribution in [3.63, 3.8) is 0 Å². The molecule has 0 radical (unpaired) electrons. The number of carbonyl (C=O) groups excluding carboxylic acids is 2. The van der Waals surface area contributed by atoms with Crippen molar-refractivity contribution < 1.29 is 9.59 Å². The van der Waals surface area contributed by atoms with Gasteiger partial charge in [-0.3, -0.25) is 14.9 Å². The molecule has 1 unspecified atom stereocenters. The Labute approximate surface area is 163 Å². The lowest BCUT2D eigenvalue weighted by Crippen LogP contribution is -2.38. The number of nitrogens with one attached hydrogen (secondary N) is 2. The monoisotopic (exact) mass is 383 g/mol. The van der Waals surface area contributed by atoms with E-state index in [0.29, 0.717) is 16.7 Å². The van der Waals surface area contributed by atoms with Gasteiger partial charge < -0.3 is 5.32 Å². The van der Waals surface area contributed by atoms with Crippen LogP contribution in [0.25, 0.3) is 0 Å². The number of fused-ring (bicyclic) bond motifs is 1. The van der Waals surface area contributed by atoms with Crippen molar-refractivity contribution in [3.8, 4) is 0 Å². The highest BCUT2D eigenvalue weighted by molar-refractivity contribution is 7.16. The number of aryl methyl sites for hydroxylation is 2. The molecule has 0 aliphatic heterocycles. The van der Waals surface area contributed by atoms with E-state index in [9.17, 15) is 9.59 Å². The van der Waals surface area contributed by atoms with Crippen LogP contribution in [0.3, 0.4) is 0 Å². The fourth-order valence-corrected chi connectivity index (χ4v) is 4.99. The number of benzene rings is 1. The molecule has 5 nitrogen and oxygen atoms in total. The van der Waals surface area contributed by atoms with Gasteiger partial charge in [-0.2, -0.15) is 0 Å². The summed E-state index contributed by atoms with van der Waals surface area (Å²) in [6.45, 7) is 1.99. The summed E-state index contributed by atoms with van der Waals surface area (Å²) in [5, 5.41) is 6.69. The number of thiazole rings is 1. The van der Waals surface area contributed by atoms with E-state index >= 15 is 0 Å². The molecule has 27 heavy (non-hydrogen) atoms. The van der Waals surface area contributed by atoms with Crippen molar-refractivity contribution in [2.45, 2.75) is 63.8 Å². The molecule has 1 heterocycles. The Morgan fingerprint density at radius 3 is 2.56 bits per heavy atom. The van der Waals surface area contributed by atoms with Crippen molar-refractivity contribution in [1.82, 2.24) is 10.3 Å². The first-order chi connectivity index (χ1) is 13.1. The van der Waals surface area contributed by atoms with E-state index in [1.165, 1.54) is 30.6 Å². The van der Waals surface area contributed by atoms with Gasteiger partial charge in [0.05, 0.1) is 11.6 Å². The first-order valence-electron chi connectivity index (χ1n) is 9.78. The SMILES string of the molecule is Cc1ccc(C(=O)Nc2nc3c(s2)CCC3C(=O)NC2CCCCC2)cc1. The van der Waals surface area contributed by atoms with E-state index in [4.69, 9.17) is 0 Å². The minimum Gasteiger partial charge on any atom is -0.353 e. The van der Waals surface area contributed by atoms with Crippen molar-refractivity contribution >= 4 is 28.3 Å². The molecule has 2 aliphatic rings. The van der Waals surface area contributed by atoms with Crippen LogP contribution in [0.2, 0.25) is 0 Å². The second-order valence-electron chi connectivity index (χ2n) is 7.58. The van der Waals surface area contributed by atoms with Gasteiger partial charge in [-0.15, -0.1) is 11.3 Å². The summed E-state index contributed by atoms with van der Waals surface area (Å²) in [6.07, 6.45) is 7.52. The average molecular weight is 384 g/mol. The zero-order valence-electron chi connectivity index (χ0n) is 15.6. The quantitative estimate of drug-likeness (QED) is 0.832. The standard InChI is InChI=1S/C21H25N3O2S/c1-13-7-9-14(10-8-13)19(25)24-21-23-18-16(11-12-17(18)27-21)20(26)22-15-5-3-2-4-6-15/h7-10,15-16H,2-6,11-12H2,1H3,(H,22,26)(H,23,24,25). The van der Waals surface area contributed by atoms with Crippen molar-refractivity contribution in [3.05, 3.63) is 46.0 Å². The van der Waals surface area contributed by atoms with Crippen molar-refractivity contribution in [2.75, 3.05) is 5.32 Å². The molecule has 1 saturated carbocycles. The van der Waals surface area contributed by atoms with Crippen LogP contribution >= 0.6 is 11.3 Å². The summed E-state index contributed by atoms with van der Waals surface area (Å²) in [5.74, 6) is -0.240. The molecule has 1 aromatic carbocycles. The van der Waals surface area contributed by atoms with Crippen LogP contribution in [0, 0.1) is 6.92 Å². The predicted octanol–water partition coefficient (Wildman–Crippen LogP) is 4.18. The van der Waals surface area contributed by atoms with E-state index in [-0.39, 0.29) is 17.7 Å².